The minimum atomic E-state index is -2.88. The molecule has 2 aromatic carbocycles. The molecule has 1 N–H and O–H groups in total. The van der Waals surface area contributed by atoms with E-state index in [1.165, 1.54) is 12.1 Å². The zero-order chi connectivity index (χ0) is 23.2. The molecule has 2 saturated heterocycles. The van der Waals surface area contributed by atoms with Crippen LogP contribution in [0.25, 0.3) is 0 Å². The first-order valence-electron chi connectivity index (χ1n) is 11.1. The van der Waals surface area contributed by atoms with Gasteiger partial charge >= 0.3 is 6.61 Å². The molecule has 7 nitrogen and oxygen atoms in total. The van der Waals surface area contributed by atoms with Gasteiger partial charge in [0.15, 0.2) is 0 Å². The number of morpholine rings is 1. The maximum absolute atomic E-state index is 13.2. The predicted molar refractivity (Wildman–Crippen MR) is 119 cm³/mol. The third-order valence-corrected chi connectivity index (χ3v) is 5.97. The highest BCUT2D eigenvalue weighted by molar-refractivity contribution is 6.00. The van der Waals surface area contributed by atoms with Gasteiger partial charge in [-0.15, -0.1) is 0 Å². The van der Waals surface area contributed by atoms with Crippen molar-refractivity contribution in [1.82, 2.24) is 9.80 Å². The van der Waals surface area contributed by atoms with E-state index in [9.17, 15) is 18.4 Å². The number of piperidine rings is 1. The molecule has 4 rings (SSSR count). The number of carbonyl (C=O) groups is 2. The number of halogens is 2. The molecule has 0 aromatic heterocycles. The predicted octanol–water partition coefficient (Wildman–Crippen LogP) is 3.74. The molecule has 33 heavy (non-hydrogen) atoms. The van der Waals surface area contributed by atoms with Crippen molar-refractivity contribution in [2.45, 2.75) is 19.5 Å². The lowest BCUT2D eigenvalue weighted by Gasteiger charge is -2.35. The fourth-order valence-corrected chi connectivity index (χ4v) is 4.20. The van der Waals surface area contributed by atoms with E-state index < -0.39 is 6.61 Å². The number of amides is 2. The molecule has 0 aliphatic carbocycles. The molecule has 2 heterocycles. The van der Waals surface area contributed by atoms with Crippen LogP contribution < -0.4 is 10.1 Å². The lowest BCUT2D eigenvalue weighted by Crippen LogP contribution is -2.47. The van der Waals surface area contributed by atoms with Crippen molar-refractivity contribution in [1.29, 1.82) is 0 Å². The summed E-state index contributed by atoms with van der Waals surface area (Å²) in [5.74, 6) is 0.0589. The first-order valence-corrected chi connectivity index (χ1v) is 11.1. The van der Waals surface area contributed by atoms with E-state index in [0.717, 1.165) is 0 Å². The minimum absolute atomic E-state index is 0.0607. The first-order chi connectivity index (χ1) is 16.0. The Labute approximate surface area is 191 Å². The number of nitrogens with zero attached hydrogens (tertiary/aromatic N) is 2. The van der Waals surface area contributed by atoms with E-state index in [2.05, 4.69) is 10.1 Å². The number of benzene rings is 2. The summed E-state index contributed by atoms with van der Waals surface area (Å²) in [4.78, 5) is 29.6. The number of alkyl halides is 2. The number of likely N-dealkylation sites (tertiary alicyclic amines) is 1. The van der Waals surface area contributed by atoms with Crippen LogP contribution in [0.3, 0.4) is 0 Å². The molecular weight excluding hydrogens is 432 g/mol. The van der Waals surface area contributed by atoms with Crippen molar-refractivity contribution in [3.8, 4) is 5.75 Å². The van der Waals surface area contributed by atoms with Gasteiger partial charge in [-0.25, -0.2) is 0 Å². The van der Waals surface area contributed by atoms with E-state index in [4.69, 9.17) is 4.74 Å². The summed E-state index contributed by atoms with van der Waals surface area (Å²) in [6.45, 7) is 0.582. The number of ether oxygens (including phenoxy) is 2. The van der Waals surface area contributed by atoms with Gasteiger partial charge in [-0.05, 0) is 49.2 Å². The summed E-state index contributed by atoms with van der Waals surface area (Å²) in [5, 5.41) is 3.18. The minimum Gasteiger partial charge on any atom is -0.435 e. The smallest absolute Gasteiger partial charge is 0.387 e. The fourth-order valence-electron chi connectivity index (χ4n) is 4.20. The molecule has 0 unspecified atom stereocenters. The molecule has 2 aliphatic rings. The van der Waals surface area contributed by atoms with Crippen LogP contribution >= 0.6 is 0 Å². The number of nitrogens with one attached hydrogen (secondary N) is 1. The Morgan fingerprint density at radius 1 is 0.939 bits per heavy atom. The van der Waals surface area contributed by atoms with Crippen LogP contribution in [0.4, 0.5) is 20.2 Å². The summed E-state index contributed by atoms with van der Waals surface area (Å²) in [7, 11) is 0. The van der Waals surface area contributed by atoms with Gasteiger partial charge in [-0.3, -0.25) is 9.59 Å². The summed E-state index contributed by atoms with van der Waals surface area (Å²) >= 11 is 0. The van der Waals surface area contributed by atoms with Crippen molar-refractivity contribution in [3.05, 3.63) is 54.1 Å². The lowest BCUT2D eigenvalue weighted by molar-refractivity contribution is -0.141. The van der Waals surface area contributed by atoms with Gasteiger partial charge in [0.2, 0.25) is 5.91 Å². The highest BCUT2D eigenvalue weighted by Gasteiger charge is 2.31. The molecule has 0 saturated carbocycles. The molecule has 2 fully saturated rings. The SMILES string of the molecule is O=C(c1ccccc1Nc1ccc(OC(F)F)cc1)N1CCC(C(=O)N2CCOCC2)CC1. The van der Waals surface area contributed by atoms with Crippen LogP contribution in [0, 0.1) is 5.92 Å². The Kier molecular flexibility index (Phi) is 7.39. The largest absolute Gasteiger partial charge is 0.435 e. The second-order valence-corrected chi connectivity index (χ2v) is 8.08. The molecule has 0 bridgehead atoms. The van der Waals surface area contributed by atoms with E-state index >= 15 is 0 Å². The summed E-state index contributed by atoms with van der Waals surface area (Å²) in [6, 6.07) is 13.3. The molecule has 2 aromatic rings. The van der Waals surface area contributed by atoms with Crippen LogP contribution in [0.2, 0.25) is 0 Å². The molecule has 2 aliphatic heterocycles. The van der Waals surface area contributed by atoms with Crippen LogP contribution in [-0.2, 0) is 9.53 Å². The monoisotopic (exact) mass is 459 g/mol. The molecule has 0 radical (unpaired) electrons. The maximum Gasteiger partial charge on any atom is 0.387 e. The maximum atomic E-state index is 13.2. The van der Waals surface area contributed by atoms with Gasteiger partial charge in [0.25, 0.3) is 5.91 Å². The third-order valence-electron chi connectivity index (χ3n) is 5.97. The van der Waals surface area contributed by atoms with Gasteiger partial charge in [0, 0.05) is 37.8 Å². The van der Waals surface area contributed by atoms with Gasteiger partial charge in [-0.1, -0.05) is 12.1 Å². The van der Waals surface area contributed by atoms with Crippen molar-refractivity contribution in [2.24, 2.45) is 5.92 Å². The summed E-state index contributed by atoms with van der Waals surface area (Å²) < 4.78 is 34.4. The van der Waals surface area contributed by atoms with Crippen molar-refractivity contribution in [2.75, 3.05) is 44.7 Å². The number of para-hydroxylation sites is 1. The quantitative estimate of drug-likeness (QED) is 0.713. The molecule has 2 amide bonds. The number of hydrogen-bond acceptors (Lipinski definition) is 5. The van der Waals surface area contributed by atoms with Gasteiger partial charge < -0.3 is 24.6 Å². The lowest BCUT2D eigenvalue weighted by atomic mass is 9.94. The third kappa shape index (κ3) is 5.78. The van der Waals surface area contributed by atoms with Crippen LogP contribution in [0.15, 0.2) is 48.5 Å². The molecule has 9 heteroatoms. The second kappa shape index (κ2) is 10.6. The van der Waals surface area contributed by atoms with Gasteiger partial charge in [0.1, 0.15) is 5.75 Å². The number of anilines is 2. The van der Waals surface area contributed by atoms with Crippen molar-refractivity contribution in [3.63, 3.8) is 0 Å². The summed E-state index contributed by atoms with van der Waals surface area (Å²) in [5.41, 5.74) is 1.78. The average molecular weight is 459 g/mol. The second-order valence-electron chi connectivity index (χ2n) is 8.08. The van der Waals surface area contributed by atoms with Crippen LogP contribution in [0.5, 0.6) is 5.75 Å². The van der Waals surface area contributed by atoms with Gasteiger partial charge in [-0.2, -0.15) is 8.78 Å². The molecule has 0 spiro atoms. The summed E-state index contributed by atoms with van der Waals surface area (Å²) in [6.07, 6.45) is 1.28. The normalized spacial score (nSPS) is 17.2. The first kappa shape index (κ1) is 23.0. The number of rotatable bonds is 6. The zero-order valence-corrected chi connectivity index (χ0v) is 18.2. The molecule has 176 valence electrons. The Bertz CT molecular complexity index is 956. The zero-order valence-electron chi connectivity index (χ0n) is 18.2. The van der Waals surface area contributed by atoms with Crippen molar-refractivity contribution < 1.29 is 27.8 Å². The fraction of sp³-hybridized carbons (Fsp3) is 0.417. The Morgan fingerprint density at radius 2 is 1.61 bits per heavy atom. The van der Waals surface area contributed by atoms with E-state index in [0.29, 0.717) is 69.2 Å². The van der Waals surface area contributed by atoms with Gasteiger partial charge in [0.05, 0.1) is 24.5 Å². The Balaban J connectivity index is 1.38. The van der Waals surface area contributed by atoms with E-state index in [1.54, 1.807) is 35.2 Å². The molecular formula is C24H27F2N3O4. The Morgan fingerprint density at radius 3 is 2.27 bits per heavy atom. The van der Waals surface area contributed by atoms with Crippen LogP contribution in [0.1, 0.15) is 23.2 Å². The topological polar surface area (TPSA) is 71.1 Å². The number of carbonyl (C=O) groups excluding carboxylic acids is 2. The standard InChI is InChI=1S/C24H27F2N3O4/c25-24(26)33-19-7-5-18(6-8-19)27-21-4-2-1-3-20(21)23(31)28-11-9-17(10-12-28)22(30)29-13-15-32-16-14-29/h1-8,17,24,27H,9-16H2. The Hall–Kier alpha value is -3.20. The van der Waals surface area contributed by atoms with Crippen molar-refractivity contribution >= 4 is 23.2 Å². The molecule has 0 atom stereocenters. The average Bonchev–Trinajstić information content (AvgIpc) is 2.85. The van der Waals surface area contributed by atoms with E-state index in [-0.39, 0.29) is 23.5 Å². The van der Waals surface area contributed by atoms with Crippen LogP contribution in [-0.4, -0.2) is 67.6 Å². The highest BCUT2D eigenvalue weighted by atomic mass is 19.3. The van der Waals surface area contributed by atoms with E-state index in [1.807, 2.05) is 11.0 Å². The number of hydrogen-bond donors (Lipinski definition) is 1. The highest BCUT2D eigenvalue weighted by Crippen LogP contribution is 2.27.